The molecule has 4 nitrogen and oxygen atoms in total. The molecule has 0 aliphatic rings. The van der Waals surface area contributed by atoms with Crippen LogP contribution in [0.4, 0.5) is 18.9 Å². The molecule has 0 amide bonds. The number of halogens is 4. The Hall–Kier alpha value is -2.93. The summed E-state index contributed by atoms with van der Waals surface area (Å²) in [7, 11) is 0. The molecule has 0 bridgehead atoms. The average Bonchev–Trinajstić information content (AvgIpc) is 2.64. The molecular weight excluding hydrogens is 365 g/mol. The van der Waals surface area contributed by atoms with Crippen molar-refractivity contribution in [2.45, 2.75) is 6.18 Å². The quantitative estimate of drug-likeness (QED) is 0.514. The van der Waals surface area contributed by atoms with Crippen LogP contribution in [-0.2, 0) is 6.18 Å². The van der Waals surface area contributed by atoms with Crippen LogP contribution in [0.25, 0.3) is 0 Å². The van der Waals surface area contributed by atoms with E-state index in [4.69, 9.17) is 11.6 Å². The molecule has 26 heavy (non-hydrogen) atoms. The van der Waals surface area contributed by atoms with Gasteiger partial charge in [0.15, 0.2) is 0 Å². The summed E-state index contributed by atoms with van der Waals surface area (Å²) in [6.07, 6.45) is -0.687. The van der Waals surface area contributed by atoms with E-state index in [1.54, 1.807) is 30.5 Å². The highest BCUT2D eigenvalue weighted by molar-refractivity contribution is 6.35. The van der Waals surface area contributed by atoms with Gasteiger partial charge in [-0.2, -0.15) is 18.3 Å². The number of benzene rings is 1. The SMILES string of the molecule is FC(F)(F)c1cnc(/C(=N/Nc2ccccc2)c2cccnc2)c(Cl)c1. The van der Waals surface area contributed by atoms with Crippen molar-refractivity contribution < 1.29 is 13.2 Å². The molecule has 2 heterocycles. The van der Waals surface area contributed by atoms with E-state index in [-0.39, 0.29) is 16.4 Å². The van der Waals surface area contributed by atoms with Crippen LogP contribution in [0.1, 0.15) is 16.8 Å². The van der Waals surface area contributed by atoms with Gasteiger partial charge in [-0.05, 0) is 30.3 Å². The molecule has 2 aromatic heterocycles. The van der Waals surface area contributed by atoms with E-state index in [0.29, 0.717) is 11.3 Å². The molecule has 132 valence electrons. The van der Waals surface area contributed by atoms with Gasteiger partial charge in [-0.25, -0.2) is 0 Å². The summed E-state index contributed by atoms with van der Waals surface area (Å²) in [4.78, 5) is 7.90. The van der Waals surface area contributed by atoms with Gasteiger partial charge < -0.3 is 0 Å². The largest absolute Gasteiger partial charge is 0.417 e. The smallest absolute Gasteiger partial charge is 0.278 e. The summed E-state index contributed by atoms with van der Waals surface area (Å²) >= 11 is 6.07. The van der Waals surface area contributed by atoms with Gasteiger partial charge in [0.1, 0.15) is 11.4 Å². The van der Waals surface area contributed by atoms with Crippen molar-refractivity contribution in [2.24, 2.45) is 5.10 Å². The summed E-state index contributed by atoms with van der Waals surface area (Å²) in [5, 5.41) is 4.13. The van der Waals surface area contributed by atoms with Gasteiger partial charge in [-0.3, -0.25) is 15.4 Å². The zero-order chi connectivity index (χ0) is 18.6. The highest BCUT2D eigenvalue weighted by Gasteiger charge is 2.32. The van der Waals surface area contributed by atoms with Gasteiger partial charge >= 0.3 is 6.18 Å². The van der Waals surface area contributed by atoms with Gasteiger partial charge in [-0.1, -0.05) is 29.8 Å². The van der Waals surface area contributed by atoms with Crippen LogP contribution in [0.3, 0.4) is 0 Å². The van der Waals surface area contributed by atoms with E-state index in [1.807, 2.05) is 18.2 Å². The van der Waals surface area contributed by atoms with Crippen LogP contribution in [-0.4, -0.2) is 15.7 Å². The minimum Gasteiger partial charge on any atom is -0.278 e. The molecule has 0 aliphatic carbocycles. The van der Waals surface area contributed by atoms with Crippen molar-refractivity contribution >= 4 is 23.0 Å². The van der Waals surface area contributed by atoms with Gasteiger partial charge in [0.2, 0.25) is 0 Å². The van der Waals surface area contributed by atoms with E-state index in [2.05, 4.69) is 20.5 Å². The van der Waals surface area contributed by atoms with Crippen molar-refractivity contribution in [2.75, 3.05) is 5.43 Å². The highest BCUT2D eigenvalue weighted by atomic mass is 35.5. The number of alkyl halides is 3. The lowest BCUT2D eigenvalue weighted by Gasteiger charge is -2.11. The Morgan fingerprint density at radius 3 is 2.42 bits per heavy atom. The Labute approximate surface area is 152 Å². The second-order valence-electron chi connectivity index (χ2n) is 5.23. The Balaban J connectivity index is 2.04. The number of hydrazone groups is 1. The standard InChI is InChI=1S/C18H12ClF3N4/c19-15-9-13(18(20,21)22)11-24-17(15)16(12-5-4-8-23-10-12)26-25-14-6-2-1-3-7-14/h1-11,25H/b26-16+. The zero-order valence-electron chi connectivity index (χ0n) is 13.2. The highest BCUT2D eigenvalue weighted by Crippen LogP contribution is 2.31. The second-order valence-corrected chi connectivity index (χ2v) is 5.64. The molecule has 0 spiro atoms. The molecule has 0 unspecified atom stereocenters. The monoisotopic (exact) mass is 376 g/mol. The number of pyridine rings is 2. The second kappa shape index (κ2) is 7.53. The minimum atomic E-state index is -4.52. The molecular formula is C18H12ClF3N4. The van der Waals surface area contributed by atoms with E-state index < -0.39 is 11.7 Å². The maximum atomic E-state index is 12.8. The Kier molecular flexibility index (Phi) is 5.18. The maximum absolute atomic E-state index is 12.8. The first-order valence-corrected chi connectivity index (χ1v) is 7.85. The van der Waals surface area contributed by atoms with Gasteiger partial charge in [0, 0.05) is 24.2 Å². The van der Waals surface area contributed by atoms with Crippen molar-refractivity contribution in [1.82, 2.24) is 9.97 Å². The number of anilines is 1. The summed E-state index contributed by atoms with van der Waals surface area (Å²) in [5.74, 6) is 0. The molecule has 8 heteroatoms. The number of nitrogens with one attached hydrogen (secondary N) is 1. The van der Waals surface area contributed by atoms with E-state index >= 15 is 0 Å². The molecule has 0 saturated carbocycles. The van der Waals surface area contributed by atoms with Crippen LogP contribution < -0.4 is 5.43 Å². The van der Waals surface area contributed by atoms with E-state index in [9.17, 15) is 13.2 Å². The Morgan fingerprint density at radius 1 is 1.04 bits per heavy atom. The predicted molar refractivity (Wildman–Crippen MR) is 94.2 cm³/mol. The molecule has 1 aromatic carbocycles. The number of para-hydroxylation sites is 1. The topological polar surface area (TPSA) is 50.2 Å². The fourth-order valence-electron chi connectivity index (χ4n) is 2.16. The van der Waals surface area contributed by atoms with Crippen LogP contribution in [0, 0.1) is 0 Å². The van der Waals surface area contributed by atoms with Gasteiger partial charge in [-0.15, -0.1) is 0 Å². The molecule has 1 N–H and O–H groups in total. The molecule has 3 rings (SSSR count). The van der Waals surface area contributed by atoms with Crippen LogP contribution >= 0.6 is 11.6 Å². The molecule has 0 aliphatic heterocycles. The summed E-state index contributed by atoms with van der Waals surface area (Å²) in [6.45, 7) is 0. The zero-order valence-corrected chi connectivity index (χ0v) is 14.0. The van der Waals surface area contributed by atoms with Crippen LogP contribution in [0.2, 0.25) is 5.02 Å². The lowest BCUT2D eigenvalue weighted by Crippen LogP contribution is -2.12. The first-order valence-electron chi connectivity index (χ1n) is 7.47. The third-order valence-electron chi connectivity index (χ3n) is 3.40. The third-order valence-corrected chi connectivity index (χ3v) is 3.69. The fraction of sp³-hybridized carbons (Fsp3) is 0.0556. The normalized spacial score (nSPS) is 12.1. The fourth-order valence-corrected chi connectivity index (χ4v) is 2.41. The first-order chi connectivity index (χ1) is 12.4. The first kappa shape index (κ1) is 17.9. The number of hydrogen-bond acceptors (Lipinski definition) is 4. The number of hydrogen-bond donors (Lipinski definition) is 1. The summed E-state index contributed by atoms with van der Waals surface area (Å²) in [5.41, 5.74) is 3.60. The van der Waals surface area contributed by atoms with E-state index in [1.165, 1.54) is 6.20 Å². The predicted octanol–water partition coefficient (Wildman–Crippen LogP) is 5.01. The number of aromatic nitrogens is 2. The third kappa shape index (κ3) is 4.18. The minimum absolute atomic E-state index is 0.121. The molecule has 0 radical (unpaired) electrons. The van der Waals surface area contributed by atoms with E-state index in [0.717, 1.165) is 12.3 Å². The molecule has 3 aromatic rings. The summed E-state index contributed by atoms with van der Waals surface area (Å²) < 4.78 is 38.5. The van der Waals surface area contributed by atoms with Crippen molar-refractivity contribution in [3.05, 3.63) is 89.0 Å². The average molecular weight is 377 g/mol. The molecule has 0 atom stereocenters. The summed E-state index contributed by atoms with van der Waals surface area (Å²) in [6, 6.07) is 13.3. The van der Waals surface area contributed by atoms with Crippen molar-refractivity contribution in [3.8, 4) is 0 Å². The van der Waals surface area contributed by atoms with Crippen molar-refractivity contribution in [1.29, 1.82) is 0 Å². The molecule has 0 saturated heterocycles. The van der Waals surface area contributed by atoms with Gasteiger partial charge in [0.25, 0.3) is 0 Å². The lowest BCUT2D eigenvalue weighted by atomic mass is 10.1. The van der Waals surface area contributed by atoms with Gasteiger partial charge in [0.05, 0.1) is 16.3 Å². The number of rotatable bonds is 4. The molecule has 0 fully saturated rings. The Bertz CT molecular complexity index is 913. The van der Waals surface area contributed by atoms with Crippen molar-refractivity contribution in [3.63, 3.8) is 0 Å². The lowest BCUT2D eigenvalue weighted by molar-refractivity contribution is -0.137. The maximum Gasteiger partial charge on any atom is 0.417 e. The Morgan fingerprint density at radius 2 is 1.81 bits per heavy atom. The van der Waals surface area contributed by atoms with Crippen LogP contribution in [0.15, 0.2) is 72.2 Å². The van der Waals surface area contributed by atoms with Crippen LogP contribution in [0.5, 0.6) is 0 Å². The number of nitrogens with zero attached hydrogens (tertiary/aromatic N) is 3.